The number of aromatic nitrogens is 4. The van der Waals surface area contributed by atoms with Crippen molar-refractivity contribution < 1.29 is 4.79 Å². The fourth-order valence-corrected chi connectivity index (χ4v) is 5.11. The van der Waals surface area contributed by atoms with Crippen LogP contribution >= 0.6 is 0 Å². The van der Waals surface area contributed by atoms with E-state index in [-0.39, 0.29) is 11.8 Å². The number of fused-ring (bicyclic) bond motifs is 3. The third kappa shape index (κ3) is 4.22. The average molecular weight is 477 g/mol. The molecule has 1 aliphatic rings. The summed E-state index contributed by atoms with van der Waals surface area (Å²) in [6.45, 7) is 4.62. The Hall–Kier alpha value is -4.10. The molecule has 2 N–H and O–H groups in total. The fourth-order valence-electron chi connectivity index (χ4n) is 5.11. The Kier molecular flexibility index (Phi) is 5.70. The number of amides is 1. The van der Waals surface area contributed by atoms with Crippen LogP contribution in [0.5, 0.6) is 0 Å². The molecule has 2 aromatic carbocycles. The highest BCUT2D eigenvalue weighted by atomic mass is 16.1. The molecule has 0 saturated carbocycles. The van der Waals surface area contributed by atoms with Crippen molar-refractivity contribution in [1.82, 2.24) is 24.5 Å². The summed E-state index contributed by atoms with van der Waals surface area (Å²) in [5, 5.41) is 5.58. The summed E-state index contributed by atoms with van der Waals surface area (Å²) in [6.07, 6.45) is 3.55. The van der Waals surface area contributed by atoms with E-state index in [0.717, 1.165) is 77.2 Å². The summed E-state index contributed by atoms with van der Waals surface area (Å²) in [7, 11) is 0. The number of carbonyl (C=O) groups is 1. The van der Waals surface area contributed by atoms with Gasteiger partial charge in [-0.25, -0.2) is 9.97 Å². The molecular weight excluding hydrogens is 448 g/mol. The standard InChI is InChI=1S/C29H28N6O/c1-19-15-26-31-17-24-16-25(21-5-3-2-4-6-21)27(32-29(24)35(26)33-19)22-9-7-20(8-10-22)18-34-13-11-23(12-14-34)28(30)36/h2-10,15-17,23H,11-14,18H2,1H3,(H2,30,36). The van der Waals surface area contributed by atoms with Gasteiger partial charge < -0.3 is 5.73 Å². The quantitative estimate of drug-likeness (QED) is 0.400. The van der Waals surface area contributed by atoms with E-state index in [1.54, 1.807) is 0 Å². The van der Waals surface area contributed by atoms with Crippen molar-refractivity contribution in [2.45, 2.75) is 26.3 Å². The molecule has 1 aliphatic heterocycles. The molecule has 3 aromatic heterocycles. The number of nitrogens with two attached hydrogens (primary N) is 1. The highest BCUT2D eigenvalue weighted by molar-refractivity contribution is 5.90. The maximum atomic E-state index is 11.5. The number of carbonyl (C=O) groups excluding carboxylic acids is 1. The van der Waals surface area contributed by atoms with Crippen LogP contribution < -0.4 is 5.73 Å². The van der Waals surface area contributed by atoms with Crippen LogP contribution in [0, 0.1) is 12.8 Å². The van der Waals surface area contributed by atoms with E-state index in [9.17, 15) is 4.79 Å². The van der Waals surface area contributed by atoms with Crippen LogP contribution in [0.25, 0.3) is 39.1 Å². The van der Waals surface area contributed by atoms with Gasteiger partial charge in [0, 0.05) is 41.2 Å². The molecule has 6 rings (SSSR count). The van der Waals surface area contributed by atoms with Gasteiger partial charge in [0.05, 0.1) is 11.4 Å². The van der Waals surface area contributed by atoms with Crippen LogP contribution in [0.1, 0.15) is 24.1 Å². The van der Waals surface area contributed by atoms with Gasteiger partial charge in [0.1, 0.15) is 0 Å². The van der Waals surface area contributed by atoms with E-state index in [4.69, 9.17) is 10.7 Å². The highest BCUT2D eigenvalue weighted by Gasteiger charge is 2.23. The Balaban J connectivity index is 1.37. The lowest BCUT2D eigenvalue weighted by Gasteiger charge is -2.30. The van der Waals surface area contributed by atoms with Crippen molar-refractivity contribution in [2.75, 3.05) is 13.1 Å². The predicted molar refractivity (Wildman–Crippen MR) is 141 cm³/mol. The van der Waals surface area contributed by atoms with Crippen LogP contribution in [0.4, 0.5) is 0 Å². The first kappa shape index (κ1) is 22.4. The number of rotatable bonds is 5. The Morgan fingerprint density at radius 3 is 2.47 bits per heavy atom. The van der Waals surface area contributed by atoms with Gasteiger partial charge in [0.15, 0.2) is 11.3 Å². The number of primary amides is 1. The number of benzene rings is 2. The Bertz CT molecular complexity index is 1550. The van der Waals surface area contributed by atoms with Crippen LogP contribution in [-0.2, 0) is 11.3 Å². The molecule has 1 fully saturated rings. The molecule has 0 bridgehead atoms. The predicted octanol–water partition coefficient (Wildman–Crippen LogP) is 4.62. The minimum absolute atomic E-state index is 0.0132. The number of nitrogens with zero attached hydrogens (tertiary/aromatic N) is 5. The van der Waals surface area contributed by atoms with Gasteiger partial charge in [-0.2, -0.15) is 9.61 Å². The zero-order valence-corrected chi connectivity index (χ0v) is 20.3. The van der Waals surface area contributed by atoms with E-state index < -0.39 is 0 Å². The Morgan fingerprint density at radius 2 is 1.75 bits per heavy atom. The Labute approximate surface area is 209 Å². The highest BCUT2D eigenvalue weighted by Crippen LogP contribution is 2.33. The molecule has 5 aromatic rings. The lowest BCUT2D eigenvalue weighted by Crippen LogP contribution is -2.38. The zero-order valence-electron chi connectivity index (χ0n) is 20.3. The SMILES string of the molecule is Cc1cc2ncc3cc(-c4ccccc4)c(-c4ccc(CN5CCC(C(N)=O)CC5)cc4)nc3n2n1. The topological polar surface area (TPSA) is 89.4 Å². The molecule has 0 unspecified atom stereocenters. The molecule has 7 heteroatoms. The third-order valence-corrected chi connectivity index (χ3v) is 7.09. The maximum Gasteiger partial charge on any atom is 0.220 e. The molecule has 0 atom stereocenters. The number of aryl methyl sites for hydroxylation is 1. The van der Waals surface area contributed by atoms with Crippen molar-refractivity contribution in [2.24, 2.45) is 11.7 Å². The normalized spacial score (nSPS) is 15.0. The third-order valence-electron chi connectivity index (χ3n) is 7.09. The second-order valence-corrected chi connectivity index (χ2v) is 9.63. The van der Waals surface area contributed by atoms with Crippen LogP contribution in [0.15, 0.2) is 72.9 Å². The van der Waals surface area contributed by atoms with Crippen molar-refractivity contribution >= 4 is 22.6 Å². The summed E-state index contributed by atoms with van der Waals surface area (Å²) >= 11 is 0. The number of hydrogen-bond donors (Lipinski definition) is 1. The minimum Gasteiger partial charge on any atom is -0.369 e. The van der Waals surface area contributed by atoms with Gasteiger partial charge >= 0.3 is 0 Å². The lowest BCUT2D eigenvalue weighted by atomic mass is 9.95. The van der Waals surface area contributed by atoms with E-state index >= 15 is 0 Å². The summed E-state index contributed by atoms with van der Waals surface area (Å²) in [4.78, 5) is 23.6. The molecular formula is C29H28N6O. The smallest absolute Gasteiger partial charge is 0.220 e. The van der Waals surface area contributed by atoms with Gasteiger partial charge in [-0.3, -0.25) is 9.69 Å². The number of hydrogen-bond acceptors (Lipinski definition) is 5. The first-order valence-corrected chi connectivity index (χ1v) is 12.4. The van der Waals surface area contributed by atoms with Crippen molar-refractivity contribution in [1.29, 1.82) is 0 Å². The molecule has 0 radical (unpaired) electrons. The van der Waals surface area contributed by atoms with Gasteiger partial charge in [-0.05, 0) is 50.0 Å². The van der Waals surface area contributed by atoms with Gasteiger partial charge in [-0.1, -0.05) is 54.6 Å². The van der Waals surface area contributed by atoms with E-state index in [1.807, 2.05) is 41.9 Å². The molecule has 4 heterocycles. The monoisotopic (exact) mass is 476 g/mol. The van der Waals surface area contributed by atoms with Crippen LogP contribution in [0.3, 0.4) is 0 Å². The second-order valence-electron chi connectivity index (χ2n) is 9.63. The number of piperidine rings is 1. The van der Waals surface area contributed by atoms with E-state index in [0.29, 0.717) is 0 Å². The first-order chi connectivity index (χ1) is 17.5. The van der Waals surface area contributed by atoms with Crippen LogP contribution in [0.2, 0.25) is 0 Å². The van der Waals surface area contributed by atoms with E-state index in [2.05, 4.69) is 57.4 Å². The summed E-state index contributed by atoms with van der Waals surface area (Å²) in [5.41, 5.74) is 13.4. The molecule has 0 aliphatic carbocycles. The fraction of sp³-hybridized carbons (Fsp3) is 0.241. The van der Waals surface area contributed by atoms with E-state index in [1.165, 1.54) is 5.56 Å². The molecule has 7 nitrogen and oxygen atoms in total. The van der Waals surface area contributed by atoms with Crippen molar-refractivity contribution in [3.05, 3.63) is 84.2 Å². The summed E-state index contributed by atoms with van der Waals surface area (Å²) in [5.74, 6) is -0.159. The molecule has 180 valence electrons. The largest absolute Gasteiger partial charge is 0.369 e. The molecule has 1 amide bonds. The minimum atomic E-state index is -0.172. The first-order valence-electron chi connectivity index (χ1n) is 12.4. The maximum absolute atomic E-state index is 11.5. The number of likely N-dealkylation sites (tertiary alicyclic amines) is 1. The summed E-state index contributed by atoms with van der Waals surface area (Å²) < 4.78 is 1.83. The van der Waals surface area contributed by atoms with Gasteiger partial charge in [0.25, 0.3) is 0 Å². The van der Waals surface area contributed by atoms with Crippen LogP contribution in [-0.4, -0.2) is 43.5 Å². The van der Waals surface area contributed by atoms with Crippen molar-refractivity contribution in [3.8, 4) is 22.4 Å². The average Bonchev–Trinajstić information content (AvgIpc) is 3.30. The Morgan fingerprint density at radius 1 is 1.00 bits per heavy atom. The number of pyridine rings is 1. The molecule has 1 saturated heterocycles. The summed E-state index contributed by atoms with van der Waals surface area (Å²) in [6, 6.07) is 23.1. The lowest BCUT2D eigenvalue weighted by molar-refractivity contribution is -0.123. The molecule has 0 spiro atoms. The molecule has 36 heavy (non-hydrogen) atoms. The zero-order chi connectivity index (χ0) is 24.6. The second kappa shape index (κ2) is 9.17. The van der Waals surface area contributed by atoms with Crippen molar-refractivity contribution in [3.63, 3.8) is 0 Å². The van der Waals surface area contributed by atoms with Gasteiger partial charge in [-0.15, -0.1) is 0 Å². The van der Waals surface area contributed by atoms with Gasteiger partial charge in [0.2, 0.25) is 5.91 Å².